The lowest BCUT2D eigenvalue weighted by Gasteiger charge is -2.10. The van der Waals surface area contributed by atoms with E-state index in [1.165, 1.54) is 6.92 Å². The van der Waals surface area contributed by atoms with Crippen molar-refractivity contribution >= 4 is 50.7 Å². The molecule has 1 aromatic heterocycles. The van der Waals surface area contributed by atoms with Crippen LogP contribution in [0.2, 0.25) is 0 Å². The largest absolute Gasteiger partial charge is 0.411 e. The summed E-state index contributed by atoms with van der Waals surface area (Å²) in [4.78, 5) is 23.5. The number of hydrogen-bond acceptors (Lipinski definition) is 8. The number of hydrogen-bond donors (Lipinski definition) is 3. The summed E-state index contributed by atoms with van der Waals surface area (Å²) in [5.74, 6) is -0.177. The van der Waals surface area contributed by atoms with Crippen LogP contribution in [0.5, 0.6) is 0 Å². The number of thioether (sulfide) groups is 1. The van der Waals surface area contributed by atoms with E-state index in [9.17, 15) is 18.0 Å². The van der Waals surface area contributed by atoms with Crippen LogP contribution in [0.3, 0.4) is 0 Å². The Labute approximate surface area is 189 Å². The molecule has 0 fully saturated rings. The molecule has 0 unspecified atom stereocenters. The van der Waals surface area contributed by atoms with Gasteiger partial charge in [0.05, 0.1) is 12.0 Å². The predicted molar refractivity (Wildman–Crippen MR) is 123 cm³/mol. The van der Waals surface area contributed by atoms with Crippen molar-refractivity contribution in [2.45, 2.75) is 19.1 Å². The van der Waals surface area contributed by atoms with Gasteiger partial charge in [-0.15, -0.1) is 10.2 Å². The summed E-state index contributed by atoms with van der Waals surface area (Å²) in [6, 6.07) is 11.7. The van der Waals surface area contributed by atoms with Gasteiger partial charge in [-0.3, -0.25) is 14.3 Å². The van der Waals surface area contributed by atoms with Gasteiger partial charge in [0.2, 0.25) is 27.7 Å². The lowest BCUT2D eigenvalue weighted by atomic mass is 10.2. The van der Waals surface area contributed by atoms with Crippen molar-refractivity contribution in [2.24, 2.45) is 0 Å². The number of carbonyl (C=O) groups is 2. The first kappa shape index (κ1) is 23.3. The molecule has 0 aliphatic heterocycles. The Morgan fingerprint density at radius 2 is 1.72 bits per heavy atom. The summed E-state index contributed by atoms with van der Waals surface area (Å²) in [7, 11) is -3.36. The van der Waals surface area contributed by atoms with Gasteiger partial charge in [-0.25, -0.2) is 8.42 Å². The Balaban J connectivity index is 1.57. The van der Waals surface area contributed by atoms with Crippen LogP contribution in [0.4, 0.5) is 17.1 Å². The molecule has 3 N–H and O–H groups in total. The van der Waals surface area contributed by atoms with Gasteiger partial charge < -0.3 is 15.1 Å². The fourth-order valence-corrected chi connectivity index (χ4v) is 3.76. The summed E-state index contributed by atoms with van der Waals surface area (Å²) in [5, 5.41) is 13.6. The zero-order valence-corrected chi connectivity index (χ0v) is 19.1. The quantitative estimate of drug-likeness (QED) is 0.422. The molecule has 1 heterocycles. The van der Waals surface area contributed by atoms with Gasteiger partial charge in [0, 0.05) is 29.5 Å². The Morgan fingerprint density at radius 3 is 2.38 bits per heavy atom. The SMILES string of the molecule is CC(=O)Nc1cc(NC(=O)CSc2nnc(-c3ccc(NS(C)(=O)=O)cc3)o2)ccc1C. The lowest BCUT2D eigenvalue weighted by Crippen LogP contribution is -2.14. The van der Waals surface area contributed by atoms with E-state index in [4.69, 9.17) is 4.42 Å². The zero-order chi connectivity index (χ0) is 23.3. The molecule has 3 rings (SSSR count). The van der Waals surface area contributed by atoms with Crippen molar-refractivity contribution in [1.82, 2.24) is 10.2 Å². The van der Waals surface area contributed by atoms with Crippen LogP contribution < -0.4 is 15.4 Å². The summed E-state index contributed by atoms with van der Waals surface area (Å²) in [5.41, 5.74) is 3.09. The number of carbonyl (C=O) groups excluding carboxylic acids is 2. The van der Waals surface area contributed by atoms with E-state index < -0.39 is 10.0 Å². The third kappa shape index (κ3) is 6.82. The molecule has 168 valence electrons. The van der Waals surface area contributed by atoms with Crippen molar-refractivity contribution in [1.29, 1.82) is 0 Å². The Morgan fingerprint density at radius 1 is 1.03 bits per heavy atom. The molecular weight excluding hydrogens is 454 g/mol. The van der Waals surface area contributed by atoms with Gasteiger partial charge in [-0.2, -0.15) is 0 Å². The van der Waals surface area contributed by atoms with Crippen molar-refractivity contribution in [3.8, 4) is 11.5 Å². The molecular formula is C20H21N5O5S2. The van der Waals surface area contributed by atoms with Gasteiger partial charge in [-0.05, 0) is 48.9 Å². The van der Waals surface area contributed by atoms with Crippen molar-refractivity contribution in [2.75, 3.05) is 27.4 Å². The van der Waals surface area contributed by atoms with Gasteiger partial charge in [0.15, 0.2) is 0 Å². The number of rotatable bonds is 8. The van der Waals surface area contributed by atoms with Crippen LogP contribution >= 0.6 is 11.8 Å². The van der Waals surface area contributed by atoms with E-state index in [-0.39, 0.29) is 28.7 Å². The van der Waals surface area contributed by atoms with Crippen molar-refractivity contribution in [3.05, 3.63) is 48.0 Å². The number of anilines is 3. The van der Waals surface area contributed by atoms with Crippen LogP contribution in [0.1, 0.15) is 12.5 Å². The van der Waals surface area contributed by atoms with Crippen LogP contribution in [0.15, 0.2) is 52.1 Å². The molecule has 0 aliphatic carbocycles. The normalized spacial score (nSPS) is 11.1. The van der Waals surface area contributed by atoms with Crippen LogP contribution in [0, 0.1) is 6.92 Å². The molecule has 0 saturated carbocycles. The van der Waals surface area contributed by atoms with E-state index >= 15 is 0 Å². The average molecular weight is 476 g/mol. The number of aromatic nitrogens is 2. The minimum atomic E-state index is -3.36. The molecule has 3 aromatic rings. The van der Waals surface area contributed by atoms with Gasteiger partial charge in [0.25, 0.3) is 5.22 Å². The van der Waals surface area contributed by atoms with Crippen molar-refractivity contribution < 1.29 is 22.4 Å². The highest BCUT2D eigenvalue weighted by Gasteiger charge is 2.12. The molecule has 2 amide bonds. The second-order valence-corrected chi connectivity index (χ2v) is 9.55. The number of sulfonamides is 1. The summed E-state index contributed by atoms with van der Waals surface area (Å²) in [6.45, 7) is 3.27. The number of nitrogens with one attached hydrogen (secondary N) is 3. The highest BCUT2D eigenvalue weighted by molar-refractivity contribution is 7.99. The average Bonchev–Trinajstić information content (AvgIpc) is 3.17. The van der Waals surface area contributed by atoms with Crippen LogP contribution in [0.25, 0.3) is 11.5 Å². The minimum absolute atomic E-state index is 0.0438. The van der Waals surface area contributed by atoms with E-state index in [0.717, 1.165) is 23.6 Å². The van der Waals surface area contributed by atoms with E-state index in [0.29, 0.717) is 22.6 Å². The van der Waals surface area contributed by atoms with E-state index in [1.807, 2.05) is 6.92 Å². The second-order valence-electron chi connectivity index (χ2n) is 6.87. The molecule has 0 radical (unpaired) electrons. The number of aryl methyl sites for hydroxylation is 1. The topological polar surface area (TPSA) is 143 Å². The summed E-state index contributed by atoms with van der Waals surface area (Å²) >= 11 is 1.08. The smallest absolute Gasteiger partial charge is 0.277 e. The van der Waals surface area contributed by atoms with E-state index in [2.05, 4.69) is 25.6 Å². The maximum absolute atomic E-state index is 12.3. The standard InChI is InChI=1S/C20H21N5O5S2/c1-12-4-7-16(10-17(12)21-13(2)26)22-18(27)11-31-20-24-23-19(30-20)14-5-8-15(9-6-14)25-32(3,28)29/h4-10,25H,11H2,1-3H3,(H,21,26)(H,22,27). The molecule has 12 heteroatoms. The molecule has 0 saturated heterocycles. The highest BCUT2D eigenvalue weighted by atomic mass is 32.2. The first-order valence-electron chi connectivity index (χ1n) is 9.32. The number of amides is 2. The maximum atomic E-state index is 12.3. The molecule has 2 aromatic carbocycles. The Bertz CT molecular complexity index is 1240. The monoisotopic (exact) mass is 475 g/mol. The van der Waals surface area contributed by atoms with Gasteiger partial charge in [-0.1, -0.05) is 17.8 Å². The Kier molecular flexibility index (Phi) is 7.15. The molecule has 10 nitrogen and oxygen atoms in total. The minimum Gasteiger partial charge on any atom is -0.411 e. The molecule has 0 atom stereocenters. The lowest BCUT2D eigenvalue weighted by molar-refractivity contribution is -0.114. The van der Waals surface area contributed by atoms with Gasteiger partial charge in [0.1, 0.15) is 0 Å². The molecule has 32 heavy (non-hydrogen) atoms. The van der Waals surface area contributed by atoms with Gasteiger partial charge >= 0.3 is 0 Å². The van der Waals surface area contributed by atoms with Crippen LogP contribution in [-0.2, 0) is 19.6 Å². The highest BCUT2D eigenvalue weighted by Crippen LogP contribution is 2.25. The fraction of sp³-hybridized carbons (Fsp3) is 0.200. The zero-order valence-electron chi connectivity index (χ0n) is 17.5. The predicted octanol–water partition coefficient (Wildman–Crippen LogP) is 3.11. The fourth-order valence-electron chi connectivity index (χ4n) is 2.63. The first-order valence-corrected chi connectivity index (χ1v) is 12.2. The molecule has 0 spiro atoms. The summed E-state index contributed by atoms with van der Waals surface area (Å²) in [6.07, 6.45) is 1.07. The second kappa shape index (κ2) is 9.83. The number of benzene rings is 2. The maximum Gasteiger partial charge on any atom is 0.277 e. The first-order chi connectivity index (χ1) is 15.1. The third-order valence-corrected chi connectivity index (χ3v) is 5.43. The third-order valence-electron chi connectivity index (χ3n) is 4.00. The number of nitrogens with zero attached hydrogens (tertiary/aromatic N) is 2. The van der Waals surface area contributed by atoms with Crippen LogP contribution in [-0.4, -0.2) is 42.4 Å². The van der Waals surface area contributed by atoms with Crippen molar-refractivity contribution in [3.63, 3.8) is 0 Å². The van der Waals surface area contributed by atoms with E-state index in [1.54, 1.807) is 42.5 Å². The summed E-state index contributed by atoms with van der Waals surface area (Å²) < 4.78 is 30.5. The molecule has 0 aliphatic rings. The molecule has 0 bridgehead atoms. The Hall–Kier alpha value is -3.38.